The molecule has 180 valence electrons. The fraction of sp³-hybridized carbons (Fsp3) is 0.435. The number of benzene rings is 2. The van der Waals surface area contributed by atoms with Crippen molar-refractivity contribution < 1.29 is 27.4 Å². The number of methoxy groups -OCH3 is 1. The van der Waals surface area contributed by atoms with Gasteiger partial charge in [-0.2, -0.15) is 4.31 Å². The van der Waals surface area contributed by atoms with Crippen molar-refractivity contribution in [3.63, 3.8) is 0 Å². The first-order chi connectivity index (χ1) is 15.7. The largest absolute Gasteiger partial charge is 0.496 e. The highest BCUT2D eigenvalue weighted by Crippen LogP contribution is 2.42. The van der Waals surface area contributed by atoms with Crippen molar-refractivity contribution >= 4 is 39.1 Å². The Kier molecular flexibility index (Phi) is 8.25. The Morgan fingerprint density at radius 1 is 1.27 bits per heavy atom. The number of nitrogens with zero attached hydrogens (tertiary/aromatic N) is 2. The van der Waals surface area contributed by atoms with Gasteiger partial charge in [-0.1, -0.05) is 19.8 Å². The lowest BCUT2D eigenvalue weighted by atomic mass is 10.1. The van der Waals surface area contributed by atoms with E-state index in [9.17, 15) is 17.6 Å². The highest BCUT2D eigenvalue weighted by molar-refractivity contribution is 7.99. The molecule has 1 heterocycles. The standard InChI is InChI=1S/C23H29FN2O5S2/c1-4-5-6-19-13-26(18-9-7-17(24)8-10-18)20-12-21(31-3)16(14-32-15-23(27)28)11-22(20)33(29,30)25(19)2/h7-12,19H,4-6,13-15H2,1-3H3,(H,27,28)/t19-/m0/s1. The minimum Gasteiger partial charge on any atom is -0.496 e. The van der Waals surface area contributed by atoms with Gasteiger partial charge >= 0.3 is 5.97 Å². The molecule has 0 bridgehead atoms. The molecule has 10 heteroatoms. The molecule has 0 aromatic heterocycles. The van der Waals surface area contributed by atoms with Gasteiger partial charge < -0.3 is 14.7 Å². The second-order valence-corrected chi connectivity index (χ2v) is 10.9. The van der Waals surface area contributed by atoms with Gasteiger partial charge in [0.2, 0.25) is 10.0 Å². The number of carbonyl (C=O) groups is 1. The zero-order valence-corrected chi connectivity index (χ0v) is 20.6. The van der Waals surface area contributed by atoms with Crippen LogP contribution in [0.2, 0.25) is 0 Å². The van der Waals surface area contributed by atoms with Gasteiger partial charge in [0, 0.05) is 42.7 Å². The summed E-state index contributed by atoms with van der Waals surface area (Å²) < 4.78 is 47.9. The van der Waals surface area contributed by atoms with Crippen molar-refractivity contribution in [3.05, 3.63) is 47.8 Å². The van der Waals surface area contributed by atoms with E-state index in [2.05, 4.69) is 6.92 Å². The number of halogens is 1. The van der Waals surface area contributed by atoms with Gasteiger partial charge in [0.15, 0.2) is 0 Å². The summed E-state index contributed by atoms with van der Waals surface area (Å²) in [6.45, 7) is 2.47. The summed E-state index contributed by atoms with van der Waals surface area (Å²) in [5.41, 5.74) is 1.74. The fourth-order valence-corrected chi connectivity index (χ4v) is 6.24. The molecule has 0 saturated carbocycles. The summed E-state index contributed by atoms with van der Waals surface area (Å²) in [6.07, 6.45) is 2.50. The van der Waals surface area contributed by atoms with Crippen LogP contribution in [0.5, 0.6) is 5.75 Å². The van der Waals surface area contributed by atoms with Crippen LogP contribution in [-0.4, -0.2) is 56.3 Å². The van der Waals surface area contributed by atoms with Gasteiger partial charge in [-0.25, -0.2) is 12.8 Å². The van der Waals surface area contributed by atoms with Gasteiger partial charge in [-0.15, -0.1) is 11.8 Å². The van der Waals surface area contributed by atoms with Crippen molar-refractivity contribution in [1.82, 2.24) is 4.31 Å². The molecule has 2 aromatic rings. The number of sulfonamides is 1. The molecule has 1 aliphatic rings. The zero-order chi connectivity index (χ0) is 24.2. The van der Waals surface area contributed by atoms with E-state index in [0.717, 1.165) is 12.8 Å². The molecule has 1 atom stereocenters. The van der Waals surface area contributed by atoms with Crippen molar-refractivity contribution in [2.24, 2.45) is 0 Å². The molecule has 0 amide bonds. The number of carboxylic acid groups (broad SMARTS) is 1. The minimum atomic E-state index is -3.84. The van der Waals surface area contributed by atoms with Crippen LogP contribution >= 0.6 is 11.8 Å². The number of hydrogen-bond donors (Lipinski definition) is 1. The molecule has 0 spiro atoms. The van der Waals surface area contributed by atoms with Crippen LogP contribution in [0, 0.1) is 5.82 Å². The molecule has 0 saturated heterocycles. The normalized spacial score (nSPS) is 17.9. The van der Waals surface area contributed by atoms with Gasteiger partial charge in [0.25, 0.3) is 0 Å². The number of carboxylic acids is 1. The first-order valence-electron chi connectivity index (χ1n) is 10.7. The molecule has 33 heavy (non-hydrogen) atoms. The van der Waals surface area contributed by atoms with E-state index in [1.807, 2.05) is 4.90 Å². The maximum absolute atomic E-state index is 13.7. The highest BCUT2D eigenvalue weighted by Gasteiger charge is 2.37. The van der Waals surface area contributed by atoms with Crippen LogP contribution in [0.3, 0.4) is 0 Å². The Hall–Kier alpha value is -2.30. The Bertz CT molecular complexity index is 1090. The van der Waals surface area contributed by atoms with Crippen molar-refractivity contribution in [2.45, 2.75) is 42.9 Å². The zero-order valence-electron chi connectivity index (χ0n) is 19.0. The third-order valence-electron chi connectivity index (χ3n) is 5.73. The van der Waals surface area contributed by atoms with Gasteiger partial charge in [-0.05, 0) is 36.8 Å². The van der Waals surface area contributed by atoms with E-state index in [1.165, 1.54) is 35.3 Å². The number of thioether (sulfide) groups is 1. The summed E-state index contributed by atoms with van der Waals surface area (Å²) in [5.74, 6) is -0.652. The number of hydrogen-bond acceptors (Lipinski definition) is 6. The fourth-order valence-electron chi connectivity index (χ4n) is 3.91. The van der Waals surface area contributed by atoms with Gasteiger partial charge in [-0.3, -0.25) is 4.79 Å². The van der Waals surface area contributed by atoms with Crippen LogP contribution < -0.4 is 9.64 Å². The minimum absolute atomic E-state index is 0.103. The van der Waals surface area contributed by atoms with Gasteiger partial charge in [0.1, 0.15) is 16.5 Å². The summed E-state index contributed by atoms with van der Waals surface area (Å²) in [4.78, 5) is 12.9. The summed E-state index contributed by atoms with van der Waals surface area (Å²) in [6, 6.07) is 8.97. The molecule has 0 radical (unpaired) electrons. The summed E-state index contributed by atoms with van der Waals surface area (Å²) in [7, 11) is -0.748. The number of rotatable bonds is 9. The van der Waals surface area contributed by atoms with Crippen LogP contribution in [0.1, 0.15) is 31.7 Å². The third kappa shape index (κ3) is 5.62. The second-order valence-electron chi connectivity index (χ2n) is 7.92. The molecule has 7 nitrogen and oxygen atoms in total. The molecule has 0 unspecified atom stereocenters. The lowest BCUT2D eigenvalue weighted by molar-refractivity contribution is -0.133. The van der Waals surface area contributed by atoms with E-state index in [4.69, 9.17) is 9.84 Å². The third-order valence-corrected chi connectivity index (χ3v) is 8.64. The molecule has 0 aliphatic carbocycles. The van der Waals surface area contributed by atoms with Crippen molar-refractivity contribution in [2.75, 3.05) is 31.4 Å². The van der Waals surface area contributed by atoms with Crippen molar-refractivity contribution in [3.8, 4) is 5.75 Å². The Balaban J connectivity index is 2.17. The molecule has 2 aromatic carbocycles. The van der Waals surface area contributed by atoms with Gasteiger partial charge in [0.05, 0.1) is 18.6 Å². The number of fused-ring (bicyclic) bond motifs is 1. The van der Waals surface area contributed by atoms with Crippen molar-refractivity contribution in [1.29, 1.82) is 0 Å². The smallest absolute Gasteiger partial charge is 0.313 e. The Morgan fingerprint density at radius 3 is 2.58 bits per heavy atom. The molecular formula is C23H29FN2O5S2. The maximum Gasteiger partial charge on any atom is 0.313 e. The van der Waals surface area contributed by atoms with Crippen LogP contribution in [0.15, 0.2) is 41.3 Å². The molecule has 0 fully saturated rings. The van der Waals surface area contributed by atoms with Crippen LogP contribution in [-0.2, 0) is 20.6 Å². The Morgan fingerprint density at radius 2 is 1.97 bits per heavy atom. The maximum atomic E-state index is 13.7. The summed E-state index contributed by atoms with van der Waals surface area (Å²) in [5, 5.41) is 8.96. The number of anilines is 2. The average molecular weight is 497 g/mol. The predicted molar refractivity (Wildman–Crippen MR) is 128 cm³/mol. The topological polar surface area (TPSA) is 87.1 Å². The van der Waals surface area contributed by atoms with E-state index < -0.39 is 16.0 Å². The monoisotopic (exact) mass is 496 g/mol. The van der Waals surface area contributed by atoms with E-state index in [1.54, 1.807) is 31.3 Å². The average Bonchev–Trinajstić information content (AvgIpc) is 2.86. The second kappa shape index (κ2) is 10.8. The Labute approximate surface area is 198 Å². The van der Waals surface area contributed by atoms with E-state index in [0.29, 0.717) is 35.7 Å². The number of likely N-dealkylation sites (N-methyl/N-ethyl adjacent to an activating group) is 1. The SMILES string of the molecule is CCCC[C@H]1CN(c2ccc(F)cc2)c2cc(OC)c(CSCC(=O)O)cc2S(=O)(=O)N1C. The number of ether oxygens (including phenoxy) is 1. The first kappa shape index (κ1) is 25.3. The van der Waals surface area contributed by atoms with Crippen LogP contribution in [0.25, 0.3) is 0 Å². The molecular weight excluding hydrogens is 467 g/mol. The number of aliphatic carboxylic acids is 1. The lowest BCUT2D eigenvalue weighted by Gasteiger charge is -2.29. The first-order valence-corrected chi connectivity index (χ1v) is 13.3. The molecule has 1 N–H and O–H groups in total. The quantitative estimate of drug-likeness (QED) is 0.548. The summed E-state index contributed by atoms with van der Waals surface area (Å²) >= 11 is 1.17. The van der Waals surface area contributed by atoms with Crippen LogP contribution in [0.4, 0.5) is 15.8 Å². The molecule has 3 rings (SSSR count). The predicted octanol–water partition coefficient (Wildman–Crippen LogP) is 4.48. The molecule has 1 aliphatic heterocycles. The number of unbranched alkanes of at least 4 members (excludes halogenated alkanes) is 1. The lowest BCUT2D eigenvalue weighted by Crippen LogP contribution is -2.40. The highest BCUT2D eigenvalue weighted by atomic mass is 32.2. The van der Waals surface area contributed by atoms with E-state index in [-0.39, 0.29) is 28.3 Å². The van der Waals surface area contributed by atoms with E-state index >= 15 is 0 Å².